The summed E-state index contributed by atoms with van der Waals surface area (Å²) in [6.07, 6.45) is 6.66. The fourth-order valence-corrected chi connectivity index (χ4v) is 6.07. The van der Waals surface area contributed by atoms with Crippen molar-refractivity contribution in [2.24, 2.45) is 28.8 Å². The van der Waals surface area contributed by atoms with Crippen LogP contribution in [0.4, 0.5) is 5.69 Å². The van der Waals surface area contributed by atoms with Gasteiger partial charge in [-0.25, -0.2) is 9.80 Å². The summed E-state index contributed by atoms with van der Waals surface area (Å²) < 4.78 is 5.24. The molecule has 2 amide bonds. The summed E-state index contributed by atoms with van der Waals surface area (Å²) in [4.78, 5) is 37.1. The van der Waals surface area contributed by atoms with Gasteiger partial charge in [0.1, 0.15) is 5.71 Å². The second-order valence-electron chi connectivity index (χ2n) is 9.19. The van der Waals surface area contributed by atoms with Gasteiger partial charge in [-0.3, -0.25) is 9.59 Å². The Bertz CT molecular complexity index is 854. The number of amides is 2. The summed E-state index contributed by atoms with van der Waals surface area (Å²) in [7, 11) is 0. The second kappa shape index (κ2) is 7.85. The van der Waals surface area contributed by atoms with Gasteiger partial charge in [0.2, 0.25) is 5.91 Å². The monoisotopic (exact) mass is 409 g/mol. The van der Waals surface area contributed by atoms with Crippen molar-refractivity contribution in [3.8, 4) is 0 Å². The van der Waals surface area contributed by atoms with Crippen LogP contribution in [0.25, 0.3) is 0 Å². The molecule has 0 saturated heterocycles. The molecule has 158 valence electrons. The van der Waals surface area contributed by atoms with Crippen molar-refractivity contribution in [3.63, 3.8) is 0 Å². The Morgan fingerprint density at radius 3 is 2.33 bits per heavy atom. The fourth-order valence-electron chi connectivity index (χ4n) is 6.07. The van der Waals surface area contributed by atoms with Crippen molar-refractivity contribution in [2.45, 2.75) is 51.0 Å². The predicted molar refractivity (Wildman–Crippen MR) is 111 cm³/mol. The maximum atomic E-state index is 12.5. The van der Waals surface area contributed by atoms with E-state index in [0.29, 0.717) is 17.5 Å². The largest absolute Gasteiger partial charge is 0.451 e. The molecule has 7 heteroatoms. The van der Waals surface area contributed by atoms with Gasteiger partial charge in [-0.05, 0) is 67.9 Å². The Kier molecular flexibility index (Phi) is 5.05. The van der Waals surface area contributed by atoms with E-state index >= 15 is 0 Å². The van der Waals surface area contributed by atoms with Crippen molar-refractivity contribution >= 4 is 29.2 Å². The molecule has 1 aromatic carbocycles. The number of rotatable bonds is 5. The number of nitrogens with one attached hydrogen (secondary N) is 1. The molecule has 4 fully saturated rings. The number of hydrogen-bond acceptors (Lipinski definition) is 5. The topological polar surface area (TPSA) is 88.1 Å². The number of esters is 1. The third kappa shape index (κ3) is 3.73. The molecule has 1 aliphatic heterocycles. The Balaban J connectivity index is 1.17. The van der Waals surface area contributed by atoms with Gasteiger partial charge in [-0.2, -0.15) is 5.10 Å². The zero-order valence-electron chi connectivity index (χ0n) is 17.0. The quantitative estimate of drug-likeness (QED) is 0.758. The summed E-state index contributed by atoms with van der Waals surface area (Å²) in [6, 6.07) is 9.20. The van der Waals surface area contributed by atoms with Crippen LogP contribution < -0.4 is 10.3 Å². The van der Waals surface area contributed by atoms with E-state index in [4.69, 9.17) is 4.74 Å². The number of para-hydroxylation sites is 1. The summed E-state index contributed by atoms with van der Waals surface area (Å²) >= 11 is 0. The molecule has 4 saturated carbocycles. The van der Waals surface area contributed by atoms with Crippen LogP contribution in [-0.4, -0.2) is 36.1 Å². The molecule has 0 unspecified atom stereocenters. The standard InChI is InChI=1S/C23H27N3O4/c27-20(24-22-16-9-14-8-15(11-16)12-17(22)10-14)13-30-23(29)19-6-7-21(28)26(25-19)18-4-2-1-3-5-18/h1-5,14-17,22H,6-13H2,(H,24,27). The average molecular weight is 409 g/mol. The Labute approximate surface area is 175 Å². The third-order valence-corrected chi connectivity index (χ3v) is 7.16. The van der Waals surface area contributed by atoms with Gasteiger partial charge < -0.3 is 10.1 Å². The molecule has 0 aromatic heterocycles. The number of carbonyl (C=O) groups is 3. The lowest BCUT2D eigenvalue weighted by Gasteiger charge is -2.54. The van der Waals surface area contributed by atoms with E-state index in [-0.39, 0.29) is 43.0 Å². The van der Waals surface area contributed by atoms with E-state index in [1.807, 2.05) is 6.07 Å². The highest BCUT2D eigenvalue weighted by molar-refractivity contribution is 6.38. The molecule has 4 aliphatic carbocycles. The number of hydrogen-bond donors (Lipinski definition) is 1. The van der Waals surface area contributed by atoms with E-state index in [1.165, 1.54) is 37.1 Å². The minimum Gasteiger partial charge on any atom is -0.451 e. The van der Waals surface area contributed by atoms with Crippen molar-refractivity contribution in [2.75, 3.05) is 11.6 Å². The first-order valence-electron chi connectivity index (χ1n) is 11.0. The molecule has 5 aliphatic rings. The zero-order chi connectivity index (χ0) is 20.7. The minimum absolute atomic E-state index is 0.167. The van der Waals surface area contributed by atoms with Crippen LogP contribution in [-0.2, 0) is 19.1 Å². The van der Waals surface area contributed by atoms with Gasteiger partial charge in [-0.1, -0.05) is 18.2 Å². The van der Waals surface area contributed by atoms with Crippen LogP contribution in [0.15, 0.2) is 35.4 Å². The normalized spacial score (nSPS) is 32.0. The number of anilines is 1. The molecule has 7 nitrogen and oxygen atoms in total. The molecular weight excluding hydrogens is 382 g/mol. The highest BCUT2D eigenvalue weighted by Crippen LogP contribution is 2.53. The van der Waals surface area contributed by atoms with Crippen LogP contribution in [0.3, 0.4) is 0 Å². The Morgan fingerprint density at radius 2 is 1.67 bits per heavy atom. The zero-order valence-corrected chi connectivity index (χ0v) is 17.0. The first-order valence-corrected chi connectivity index (χ1v) is 11.0. The van der Waals surface area contributed by atoms with E-state index in [0.717, 1.165) is 11.8 Å². The Hall–Kier alpha value is -2.70. The van der Waals surface area contributed by atoms with Crippen LogP contribution in [0.2, 0.25) is 0 Å². The molecular formula is C23H27N3O4. The molecule has 1 heterocycles. The van der Waals surface area contributed by atoms with Crippen molar-refractivity contribution in [1.29, 1.82) is 0 Å². The third-order valence-electron chi connectivity index (χ3n) is 7.16. The van der Waals surface area contributed by atoms with Gasteiger partial charge in [-0.15, -0.1) is 0 Å². The van der Waals surface area contributed by atoms with E-state index < -0.39 is 5.97 Å². The van der Waals surface area contributed by atoms with Crippen LogP contribution >= 0.6 is 0 Å². The lowest BCUT2D eigenvalue weighted by molar-refractivity contribution is -0.143. The van der Waals surface area contributed by atoms with E-state index in [9.17, 15) is 14.4 Å². The summed E-state index contributed by atoms with van der Waals surface area (Å²) in [5.41, 5.74) is 0.771. The Morgan fingerprint density at radius 1 is 1.00 bits per heavy atom. The fraction of sp³-hybridized carbons (Fsp3) is 0.565. The number of nitrogens with zero attached hydrogens (tertiary/aromatic N) is 2. The van der Waals surface area contributed by atoms with Crippen LogP contribution in [0.5, 0.6) is 0 Å². The maximum Gasteiger partial charge on any atom is 0.355 e. The SMILES string of the molecule is O=C(COC(=O)C1=NN(c2ccccc2)C(=O)CC1)NC1C2CC3CC(C2)CC1C3. The predicted octanol–water partition coefficient (Wildman–Crippen LogP) is 2.65. The smallest absolute Gasteiger partial charge is 0.355 e. The summed E-state index contributed by atoms with van der Waals surface area (Å²) in [5.74, 6) is 1.80. The van der Waals surface area contributed by atoms with E-state index in [1.54, 1.807) is 24.3 Å². The molecule has 0 radical (unpaired) electrons. The second-order valence-corrected chi connectivity index (χ2v) is 9.19. The van der Waals surface area contributed by atoms with Crippen molar-refractivity contribution < 1.29 is 19.1 Å². The van der Waals surface area contributed by atoms with Gasteiger partial charge in [0.05, 0.1) is 5.69 Å². The number of hydrazone groups is 1. The molecule has 1 aromatic rings. The first kappa shape index (κ1) is 19.3. The summed E-state index contributed by atoms with van der Waals surface area (Å²) in [5, 5.41) is 8.55. The summed E-state index contributed by atoms with van der Waals surface area (Å²) in [6.45, 7) is -0.306. The molecule has 30 heavy (non-hydrogen) atoms. The molecule has 1 N–H and O–H groups in total. The van der Waals surface area contributed by atoms with Gasteiger partial charge in [0.15, 0.2) is 6.61 Å². The molecule has 4 bridgehead atoms. The van der Waals surface area contributed by atoms with Crippen molar-refractivity contribution in [3.05, 3.63) is 30.3 Å². The lowest BCUT2D eigenvalue weighted by atomic mass is 9.54. The number of benzene rings is 1. The van der Waals surface area contributed by atoms with Gasteiger partial charge >= 0.3 is 5.97 Å². The molecule has 0 atom stereocenters. The molecule has 0 spiro atoms. The maximum absolute atomic E-state index is 12.5. The van der Waals surface area contributed by atoms with Gasteiger partial charge in [0, 0.05) is 18.9 Å². The van der Waals surface area contributed by atoms with Crippen LogP contribution in [0.1, 0.15) is 44.9 Å². The first-order chi connectivity index (χ1) is 14.6. The highest BCUT2D eigenvalue weighted by Gasteiger charge is 2.48. The molecule has 6 rings (SSSR count). The number of ether oxygens (including phenoxy) is 1. The van der Waals surface area contributed by atoms with E-state index in [2.05, 4.69) is 10.4 Å². The van der Waals surface area contributed by atoms with Crippen LogP contribution in [0, 0.1) is 23.7 Å². The minimum atomic E-state index is -0.635. The van der Waals surface area contributed by atoms with Crippen molar-refractivity contribution in [1.82, 2.24) is 5.32 Å². The lowest BCUT2D eigenvalue weighted by Crippen LogP contribution is -2.56. The number of carbonyl (C=O) groups excluding carboxylic acids is 3. The average Bonchev–Trinajstić information content (AvgIpc) is 2.75. The highest BCUT2D eigenvalue weighted by atomic mass is 16.5. The van der Waals surface area contributed by atoms with Gasteiger partial charge in [0.25, 0.3) is 5.91 Å².